The van der Waals surface area contributed by atoms with Gasteiger partial charge in [-0.3, -0.25) is 14.4 Å². The molecule has 250 valence electrons. The maximum atomic E-state index is 12.8. The molecule has 49 heavy (non-hydrogen) atoms. The highest BCUT2D eigenvalue weighted by atomic mass is 16.5. The van der Waals surface area contributed by atoms with Crippen LogP contribution in [0.5, 0.6) is 11.5 Å². The van der Waals surface area contributed by atoms with Crippen LogP contribution in [-0.2, 0) is 37.1 Å². The third kappa shape index (κ3) is 9.92. The molecule has 2 N–H and O–H groups in total. The number of amides is 1. The van der Waals surface area contributed by atoms with E-state index in [4.69, 9.17) is 14.2 Å². The molecule has 0 bridgehead atoms. The molecular weight excluding hydrogens is 626 g/mol. The summed E-state index contributed by atoms with van der Waals surface area (Å²) in [6.45, 7) is 0.846. The number of hydrogen-bond acceptors (Lipinski definition) is 9. The smallest absolute Gasteiger partial charge is 0.379 e. The number of benzene rings is 4. The normalized spacial score (nSPS) is 13.8. The fraction of sp³-hybridized carbons (Fsp3) is 0.179. The molecule has 4 aromatic rings. The summed E-state index contributed by atoms with van der Waals surface area (Å²) >= 11 is 0. The van der Waals surface area contributed by atoms with Crippen LogP contribution in [0, 0.1) is 0 Å². The number of aliphatic hydroxyl groups excluding tert-OH is 2. The standard InChI is InChI=1S/C39H35NO9/c41-34(29-13-7-15-32(21-29)47-25-27-9-3-1-4-10-27)23-36(43)38(45)40-19-17-31(18-20-40)49-39(46)37(44)24-35(42)30-14-8-16-33(22-30)48-26-28-11-5-2-6-12-28/h1-16,21-24,31,41-42H,17-20,25-26H2/b34-23-,35-24-. The van der Waals surface area contributed by atoms with Crippen LogP contribution in [0.15, 0.2) is 121 Å². The summed E-state index contributed by atoms with van der Waals surface area (Å²) in [6.07, 6.45) is 1.40. The van der Waals surface area contributed by atoms with Gasteiger partial charge in [0.2, 0.25) is 5.78 Å². The van der Waals surface area contributed by atoms with Crippen molar-refractivity contribution in [3.63, 3.8) is 0 Å². The topological polar surface area (TPSA) is 140 Å². The first-order valence-electron chi connectivity index (χ1n) is 15.7. The van der Waals surface area contributed by atoms with Crippen LogP contribution < -0.4 is 9.47 Å². The van der Waals surface area contributed by atoms with Crippen LogP contribution in [0.2, 0.25) is 0 Å². The van der Waals surface area contributed by atoms with Crippen molar-refractivity contribution in [3.8, 4) is 11.5 Å². The molecule has 0 saturated carbocycles. The molecule has 1 heterocycles. The predicted octanol–water partition coefficient (Wildman–Crippen LogP) is 6.02. The minimum atomic E-state index is -1.15. The molecule has 1 amide bonds. The summed E-state index contributed by atoms with van der Waals surface area (Å²) < 4.78 is 16.8. The van der Waals surface area contributed by atoms with Crippen molar-refractivity contribution in [3.05, 3.63) is 144 Å². The van der Waals surface area contributed by atoms with Gasteiger partial charge in [-0.1, -0.05) is 84.9 Å². The van der Waals surface area contributed by atoms with Gasteiger partial charge in [0, 0.05) is 49.2 Å². The van der Waals surface area contributed by atoms with Gasteiger partial charge in [-0.2, -0.15) is 0 Å². The summed E-state index contributed by atoms with van der Waals surface area (Å²) in [7, 11) is 0. The number of carbonyl (C=O) groups excluding carboxylic acids is 4. The van der Waals surface area contributed by atoms with E-state index in [1.807, 2.05) is 60.7 Å². The van der Waals surface area contributed by atoms with Crippen molar-refractivity contribution in [2.75, 3.05) is 13.1 Å². The van der Waals surface area contributed by atoms with Crippen molar-refractivity contribution >= 4 is 35.0 Å². The molecule has 10 nitrogen and oxygen atoms in total. The number of rotatable bonds is 13. The van der Waals surface area contributed by atoms with Gasteiger partial charge >= 0.3 is 5.97 Å². The Morgan fingerprint density at radius 3 is 1.59 bits per heavy atom. The van der Waals surface area contributed by atoms with Crippen molar-refractivity contribution in [1.82, 2.24) is 4.90 Å². The van der Waals surface area contributed by atoms with Gasteiger partial charge in [-0.05, 0) is 35.4 Å². The molecule has 0 aliphatic carbocycles. The van der Waals surface area contributed by atoms with Crippen molar-refractivity contribution in [1.29, 1.82) is 0 Å². The second kappa shape index (κ2) is 16.6. The summed E-state index contributed by atoms with van der Waals surface area (Å²) in [5.41, 5.74) is 2.53. The Kier molecular flexibility index (Phi) is 11.6. The van der Waals surface area contributed by atoms with E-state index in [-0.39, 0.29) is 37.3 Å². The van der Waals surface area contributed by atoms with E-state index in [1.54, 1.807) is 48.5 Å². The van der Waals surface area contributed by atoms with Crippen LogP contribution in [0.4, 0.5) is 0 Å². The maximum Gasteiger partial charge on any atom is 0.379 e. The zero-order valence-corrected chi connectivity index (χ0v) is 26.6. The highest BCUT2D eigenvalue weighted by Gasteiger charge is 2.29. The number of carbonyl (C=O) groups is 4. The van der Waals surface area contributed by atoms with E-state index >= 15 is 0 Å². The minimum Gasteiger partial charge on any atom is -0.507 e. The van der Waals surface area contributed by atoms with E-state index in [0.29, 0.717) is 30.3 Å². The number of piperidine rings is 1. The molecule has 1 saturated heterocycles. The quantitative estimate of drug-likeness (QED) is 0.0763. The lowest BCUT2D eigenvalue weighted by Gasteiger charge is -2.30. The van der Waals surface area contributed by atoms with Gasteiger partial charge in [-0.15, -0.1) is 0 Å². The molecule has 0 unspecified atom stereocenters. The van der Waals surface area contributed by atoms with Gasteiger partial charge in [0.1, 0.15) is 42.3 Å². The van der Waals surface area contributed by atoms with E-state index in [1.165, 1.54) is 4.90 Å². The molecular formula is C39H35NO9. The van der Waals surface area contributed by atoms with Crippen molar-refractivity contribution in [2.24, 2.45) is 0 Å². The van der Waals surface area contributed by atoms with Crippen LogP contribution in [-0.4, -0.2) is 57.7 Å². The predicted molar refractivity (Wildman–Crippen MR) is 181 cm³/mol. The number of hydrogen-bond donors (Lipinski definition) is 2. The second-order valence-electron chi connectivity index (χ2n) is 11.3. The lowest BCUT2D eigenvalue weighted by atomic mass is 10.1. The molecule has 0 aromatic heterocycles. The summed E-state index contributed by atoms with van der Waals surface area (Å²) in [5, 5.41) is 21.0. The van der Waals surface area contributed by atoms with E-state index in [0.717, 1.165) is 23.3 Å². The zero-order valence-electron chi connectivity index (χ0n) is 26.6. The van der Waals surface area contributed by atoms with Gasteiger partial charge in [0.05, 0.1) is 0 Å². The zero-order chi connectivity index (χ0) is 34.6. The third-order valence-corrected chi connectivity index (χ3v) is 7.71. The van der Waals surface area contributed by atoms with E-state index in [2.05, 4.69) is 0 Å². The van der Waals surface area contributed by atoms with Crippen molar-refractivity contribution in [2.45, 2.75) is 32.2 Å². The average molecular weight is 662 g/mol. The third-order valence-electron chi connectivity index (χ3n) is 7.71. The fourth-order valence-corrected chi connectivity index (χ4v) is 5.05. The largest absolute Gasteiger partial charge is 0.507 e. The highest BCUT2D eigenvalue weighted by molar-refractivity contribution is 6.41. The first-order valence-corrected chi connectivity index (χ1v) is 15.7. The maximum absolute atomic E-state index is 12.8. The van der Waals surface area contributed by atoms with Crippen LogP contribution in [0.3, 0.4) is 0 Å². The Labute approximate surface area is 283 Å². The Morgan fingerprint density at radius 1 is 0.633 bits per heavy atom. The van der Waals surface area contributed by atoms with Gasteiger partial charge in [0.25, 0.3) is 11.7 Å². The Morgan fingerprint density at radius 2 is 1.10 bits per heavy atom. The summed E-state index contributed by atoms with van der Waals surface area (Å²) in [5.74, 6) is -3.76. The number of likely N-dealkylation sites (tertiary alicyclic amines) is 1. The first-order chi connectivity index (χ1) is 23.7. The van der Waals surface area contributed by atoms with Crippen LogP contribution in [0.25, 0.3) is 11.5 Å². The SMILES string of the molecule is O=C(/C=C(\O)c1cccc(OCc2ccccc2)c1)C(=O)OC1CCN(C(=O)C(=O)/C=C(\O)c2cccc(OCc3ccccc3)c2)CC1. The molecule has 0 atom stereocenters. The molecule has 0 spiro atoms. The van der Waals surface area contributed by atoms with Gasteiger partial charge in [0.15, 0.2) is 0 Å². The highest BCUT2D eigenvalue weighted by Crippen LogP contribution is 2.22. The summed E-state index contributed by atoms with van der Waals surface area (Å²) in [4.78, 5) is 51.8. The monoisotopic (exact) mass is 661 g/mol. The lowest BCUT2D eigenvalue weighted by molar-refractivity contribution is -0.158. The number of ketones is 2. The molecule has 1 aliphatic rings. The molecule has 0 radical (unpaired) electrons. The van der Waals surface area contributed by atoms with Crippen LogP contribution in [0.1, 0.15) is 35.1 Å². The average Bonchev–Trinajstić information content (AvgIpc) is 3.14. The van der Waals surface area contributed by atoms with E-state index < -0.39 is 35.3 Å². The first kappa shape index (κ1) is 34.2. The van der Waals surface area contributed by atoms with E-state index in [9.17, 15) is 29.4 Å². The summed E-state index contributed by atoms with van der Waals surface area (Å²) in [6, 6.07) is 32.1. The minimum absolute atomic E-state index is 0.102. The molecule has 1 aliphatic heterocycles. The lowest BCUT2D eigenvalue weighted by Crippen LogP contribution is -2.44. The Hall–Kier alpha value is -6.16. The second-order valence-corrected chi connectivity index (χ2v) is 11.3. The number of ether oxygens (including phenoxy) is 3. The molecule has 5 rings (SSSR count). The molecule has 10 heteroatoms. The van der Waals surface area contributed by atoms with Crippen LogP contribution >= 0.6 is 0 Å². The molecule has 4 aromatic carbocycles. The fourth-order valence-electron chi connectivity index (χ4n) is 5.05. The van der Waals surface area contributed by atoms with Gasteiger partial charge in [-0.25, -0.2) is 4.79 Å². The number of esters is 1. The van der Waals surface area contributed by atoms with Gasteiger partial charge < -0.3 is 29.3 Å². The Bertz CT molecular complexity index is 1840. The van der Waals surface area contributed by atoms with Crippen molar-refractivity contribution < 1.29 is 43.6 Å². The number of aliphatic hydroxyl groups is 2. The molecule has 1 fully saturated rings. The Balaban J connectivity index is 1.08. The number of nitrogens with zero attached hydrogens (tertiary/aromatic N) is 1.